The zero-order valence-corrected chi connectivity index (χ0v) is 17.0. The van der Waals surface area contributed by atoms with Gasteiger partial charge in [-0.15, -0.1) is 0 Å². The first kappa shape index (κ1) is 20.1. The molecule has 0 fully saturated rings. The number of fused-ring (bicyclic) bond motifs is 1. The van der Waals surface area contributed by atoms with Crippen molar-refractivity contribution < 1.29 is 14.0 Å². The van der Waals surface area contributed by atoms with Gasteiger partial charge in [-0.3, -0.25) is 19.1 Å². The van der Waals surface area contributed by atoms with E-state index in [2.05, 4.69) is 20.7 Å². The van der Waals surface area contributed by atoms with Crippen molar-refractivity contribution in [2.75, 3.05) is 5.32 Å². The summed E-state index contributed by atoms with van der Waals surface area (Å²) in [6.45, 7) is 1.92. The number of furan rings is 1. The Morgan fingerprint density at radius 2 is 2.06 bits per heavy atom. The molecule has 3 heterocycles. The van der Waals surface area contributed by atoms with E-state index in [1.165, 1.54) is 15.6 Å². The van der Waals surface area contributed by atoms with E-state index >= 15 is 0 Å². The summed E-state index contributed by atoms with van der Waals surface area (Å²) in [5.74, 6) is -0.328. The van der Waals surface area contributed by atoms with E-state index in [4.69, 9.17) is 4.42 Å². The first-order chi connectivity index (χ1) is 14.9. The smallest absolute Gasteiger partial charge is 0.265 e. The third-order valence-electron chi connectivity index (χ3n) is 4.70. The number of aromatic nitrogens is 4. The number of nitrogens with zero attached hydrogens (tertiary/aromatic N) is 4. The van der Waals surface area contributed by atoms with Gasteiger partial charge in [-0.1, -0.05) is 12.1 Å². The molecule has 0 aliphatic carbocycles. The number of hydrogen-bond acceptors (Lipinski definition) is 6. The highest BCUT2D eigenvalue weighted by Crippen LogP contribution is 2.21. The number of hydrogen-bond donors (Lipinski definition) is 2. The van der Waals surface area contributed by atoms with Crippen LogP contribution in [0.3, 0.4) is 0 Å². The molecular weight excluding hydrogens is 400 g/mol. The van der Waals surface area contributed by atoms with Crippen LogP contribution in [0.25, 0.3) is 11.1 Å². The zero-order valence-electron chi connectivity index (χ0n) is 17.0. The van der Waals surface area contributed by atoms with Crippen LogP contribution in [0.2, 0.25) is 0 Å². The van der Waals surface area contributed by atoms with Gasteiger partial charge in [-0.05, 0) is 30.7 Å². The van der Waals surface area contributed by atoms with Gasteiger partial charge in [0.15, 0.2) is 0 Å². The van der Waals surface area contributed by atoms with E-state index in [1.54, 1.807) is 50.6 Å². The third-order valence-corrected chi connectivity index (χ3v) is 4.70. The van der Waals surface area contributed by atoms with Gasteiger partial charge in [0.05, 0.1) is 5.56 Å². The summed E-state index contributed by atoms with van der Waals surface area (Å²) in [5, 5.41) is 9.75. The summed E-state index contributed by atoms with van der Waals surface area (Å²) >= 11 is 0. The van der Waals surface area contributed by atoms with Crippen LogP contribution in [0.5, 0.6) is 0 Å². The number of carbonyl (C=O) groups excluding carboxylic acids is 2. The van der Waals surface area contributed by atoms with Gasteiger partial charge in [-0.2, -0.15) is 5.10 Å². The maximum absolute atomic E-state index is 12.8. The van der Waals surface area contributed by atoms with Crippen LogP contribution in [0.4, 0.5) is 5.69 Å². The fraction of sp³-hybridized carbons (Fsp3) is 0.190. The van der Waals surface area contributed by atoms with Crippen LogP contribution in [0.15, 0.2) is 58.3 Å². The van der Waals surface area contributed by atoms with Gasteiger partial charge in [-0.25, -0.2) is 4.98 Å². The van der Waals surface area contributed by atoms with Crippen LogP contribution < -0.4 is 16.2 Å². The number of carbonyl (C=O) groups is 2. The molecule has 31 heavy (non-hydrogen) atoms. The van der Waals surface area contributed by atoms with Crippen molar-refractivity contribution in [3.05, 3.63) is 76.3 Å². The Labute approximate surface area is 176 Å². The molecule has 4 rings (SSSR count). The lowest BCUT2D eigenvalue weighted by Gasteiger charge is -2.09. The maximum atomic E-state index is 12.8. The van der Waals surface area contributed by atoms with Gasteiger partial charge in [0.1, 0.15) is 24.0 Å². The Balaban J connectivity index is 1.46. The Morgan fingerprint density at radius 3 is 2.84 bits per heavy atom. The molecule has 0 saturated heterocycles. The number of amides is 2. The van der Waals surface area contributed by atoms with E-state index in [0.717, 1.165) is 5.56 Å². The van der Waals surface area contributed by atoms with Gasteiger partial charge >= 0.3 is 0 Å². The van der Waals surface area contributed by atoms with Crippen molar-refractivity contribution in [3.63, 3.8) is 0 Å². The van der Waals surface area contributed by atoms with E-state index in [1.807, 2.05) is 6.07 Å². The predicted molar refractivity (Wildman–Crippen MR) is 112 cm³/mol. The molecular formula is C21H20N6O4. The molecule has 2 amide bonds. The van der Waals surface area contributed by atoms with Crippen molar-refractivity contribution in [1.82, 2.24) is 24.6 Å². The monoisotopic (exact) mass is 420 g/mol. The van der Waals surface area contributed by atoms with Crippen molar-refractivity contribution in [3.8, 4) is 0 Å². The molecule has 0 bridgehead atoms. The van der Waals surface area contributed by atoms with Crippen LogP contribution in [-0.2, 0) is 24.9 Å². The molecule has 10 nitrogen and oxygen atoms in total. The van der Waals surface area contributed by atoms with Crippen LogP contribution >= 0.6 is 0 Å². The van der Waals surface area contributed by atoms with Crippen molar-refractivity contribution in [2.45, 2.75) is 20.0 Å². The number of anilines is 1. The summed E-state index contributed by atoms with van der Waals surface area (Å²) in [7, 11) is 1.56. The van der Waals surface area contributed by atoms with Crippen LogP contribution in [0.1, 0.15) is 21.7 Å². The second-order valence-electron chi connectivity index (χ2n) is 7.01. The first-order valence-electron chi connectivity index (χ1n) is 9.51. The fourth-order valence-electron chi connectivity index (χ4n) is 3.23. The number of rotatable bonds is 6. The summed E-state index contributed by atoms with van der Waals surface area (Å²) < 4.78 is 8.29. The van der Waals surface area contributed by atoms with Gasteiger partial charge in [0.25, 0.3) is 11.5 Å². The lowest BCUT2D eigenvalue weighted by atomic mass is 10.1. The lowest BCUT2D eigenvalue weighted by molar-refractivity contribution is -0.116. The van der Waals surface area contributed by atoms with Crippen LogP contribution in [0, 0.1) is 6.92 Å². The molecule has 0 unspecified atom stereocenters. The maximum Gasteiger partial charge on any atom is 0.265 e. The van der Waals surface area contributed by atoms with E-state index in [0.29, 0.717) is 11.4 Å². The molecule has 0 radical (unpaired) electrons. The highest BCUT2D eigenvalue weighted by Gasteiger charge is 2.22. The average molecular weight is 420 g/mol. The number of benzene rings is 1. The molecule has 1 aromatic carbocycles. The molecule has 158 valence electrons. The summed E-state index contributed by atoms with van der Waals surface area (Å²) in [4.78, 5) is 41.4. The van der Waals surface area contributed by atoms with Crippen LogP contribution in [-0.4, -0.2) is 31.1 Å². The highest BCUT2D eigenvalue weighted by atomic mass is 16.3. The van der Waals surface area contributed by atoms with Crippen molar-refractivity contribution in [1.29, 1.82) is 0 Å². The number of aryl methyl sites for hydroxylation is 2. The molecule has 2 N–H and O–H groups in total. The number of nitrogens with one attached hydrogen (secondary N) is 2. The van der Waals surface area contributed by atoms with Gasteiger partial charge < -0.3 is 19.6 Å². The Hall–Kier alpha value is -4.21. The minimum absolute atomic E-state index is 0.101. The third kappa shape index (κ3) is 4.22. The van der Waals surface area contributed by atoms with E-state index < -0.39 is 5.91 Å². The standard InChI is InChI=1S/C21H20N6O4/c1-13-17(18-20(31-13)23-12-26(2)21(18)30)19(29)22-10-14-5-3-6-15(9-14)25-16(28)11-27-8-4-7-24-27/h3-9,12H,10-11H2,1-2H3,(H,22,29)(H,25,28). The fourth-order valence-corrected chi connectivity index (χ4v) is 3.23. The second kappa shape index (κ2) is 8.27. The summed E-state index contributed by atoms with van der Waals surface area (Å²) in [5.41, 5.74) is 1.34. The minimum Gasteiger partial charge on any atom is -0.442 e. The summed E-state index contributed by atoms with van der Waals surface area (Å²) in [6.07, 6.45) is 4.66. The van der Waals surface area contributed by atoms with Gasteiger partial charge in [0.2, 0.25) is 11.6 Å². The average Bonchev–Trinajstić information content (AvgIpc) is 3.36. The molecule has 0 aliphatic heterocycles. The summed E-state index contributed by atoms with van der Waals surface area (Å²) in [6, 6.07) is 8.87. The SMILES string of the molecule is Cc1oc2ncn(C)c(=O)c2c1C(=O)NCc1cccc(NC(=O)Cn2cccn2)c1. The van der Waals surface area contributed by atoms with Crippen molar-refractivity contribution >= 4 is 28.6 Å². The molecule has 0 saturated carbocycles. The lowest BCUT2D eigenvalue weighted by Crippen LogP contribution is -2.26. The van der Waals surface area contributed by atoms with E-state index in [-0.39, 0.29) is 41.2 Å². The molecule has 3 aromatic heterocycles. The Morgan fingerprint density at radius 1 is 1.23 bits per heavy atom. The largest absolute Gasteiger partial charge is 0.442 e. The first-order valence-corrected chi connectivity index (χ1v) is 9.51. The normalized spacial score (nSPS) is 10.9. The minimum atomic E-state index is -0.436. The van der Waals surface area contributed by atoms with Crippen molar-refractivity contribution in [2.24, 2.45) is 7.05 Å². The molecule has 0 aliphatic rings. The zero-order chi connectivity index (χ0) is 22.0. The highest BCUT2D eigenvalue weighted by molar-refractivity contribution is 6.06. The Bertz CT molecular complexity index is 1320. The van der Waals surface area contributed by atoms with E-state index in [9.17, 15) is 14.4 Å². The second-order valence-corrected chi connectivity index (χ2v) is 7.01. The quantitative estimate of drug-likeness (QED) is 0.488. The topological polar surface area (TPSA) is 124 Å². The predicted octanol–water partition coefficient (Wildman–Crippen LogP) is 1.60. The Kier molecular flexibility index (Phi) is 5.35. The molecule has 0 spiro atoms. The molecule has 0 atom stereocenters. The molecule has 10 heteroatoms. The molecule has 4 aromatic rings. The van der Waals surface area contributed by atoms with Gasteiger partial charge in [0, 0.05) is 31.7 Å².